The van der Waals surface area contributed by atoms with E-state index in [0.29, 0.717) is 12.3 Å². The maximum absolute atomic E-state index is 11.6. The monoisotopic (exact) mass is 277 g/mol. The van der Waals surface area contributed by atoms with Gasteiger partial charge in [0.15, 0.2) is 0 Å². The molecular formula is C16H23NOS. The Kier molecular flexibility index (Phi) is 4.56. The van der Waals surface area contributed by atoms with Crippen molar-refractivity contribution in [3.05, 3.63) is 29.8 Å². The van der Waals surface area contributed by atoms with Crippen molar-refractivity contribution < 1.29 is 4.79 Å². The van der Waals surface area contributed by atoms with Gasteiger partial charge in [-0.1, -0.05) is 26.0 Å². The second-order valence-electron chi connectivity index (χ2n) is 5.95. The Bertz CT molecular complexity index is 441. The van der Waals surface area contributed by atoms with Gasteiger partial charge in [0, 0.05) is 16.9 Å². The van der Waals surface area contributed by atoms with Crippen LogP contribution in [-0.4, -0.2) is 17.7 Å². The summed E-state index contributed by atoms with van der Waals surface area (Å²) in [6, 6.07) is 8.72. The Morgan fingerprint density at radius 1 is 1.32 bits per heavy atom. The van der Waals surface area contributed by atoms with Crippen molar-refractivity contribution in [2.75, 3.05) is 6.26 Å². The van der Waals surface area contributed by atoms with Gasteiger partial charge in [0.2, 0.25) is 5.91 Å². The molecule has 104 valence electrons. The van der Waals surface area contributed by atoms with Crippen LogP contribution in [0.1, 0.15) is 38.7 Å². The highest BCUT2D eigenvalue weighted by molar-refractivity contribution is 7.98. The number of thioether (sulfide) groups is 1. The third-order valence-electron chi connectivity index (χ3n) is 3.74. The molecule has 2 rings (SSSR count). The molecule has 1 atom stereocenters. The highest BCUT2D eigenvalue weighted by atomic mass is 32.2. The molecule has 0 aromatic heterocycles. The molecule has 1 aliphatic rings. The first-order chi connectivity index (χ1) is 9.03. The van der Waals surface area contributed by atoms with Crippen molar-refractivity contribution in [2.45, 2.75) is 50.0 Å². The molecular weight excluding hydrogens is 254 g/mol. The molecule has 0 bridgehead atoms. The van der Waals surface area contributed by atoms with Crippen LogP contribution in [0.5, 0.6) is 0 Å². The molecule has 2 nitrogen and oxygen atoms in total. The summed E-state index contributed by atoms with van der Waals surface area (Å²) in [5.41, 5.74) is 1.30. The first-order valence-electron chi connectivity index (χ1n) is 6.97. The molecule has 1 unspecified atom stereocenters. The Labute approximate surface area is 120 Å². The van der Waals surface area contributed by atoms with Gasteiger partial charge in [-0.3, -0.25) is 4.79 Å². The fourth-order valence-corrected chi connectivity index (χ4v) is 3.46. The number of nitrogens with one attached hydrogen (secondary N) is 1. The minimum Gasteiger partial charge on any atom is -0.350 e. The first kappa shape index (κ1) is 14.4. The van der Waals surface area contributed by atoms with Crippen molar-refractivity contribution in [1.82, 2.24) is 5.32 Å². The van der Waals surface area contributed by atoms with Gasteiger partial charge in [0.25, 0.3) is 0 Å². The van der Waals surface area contributed by atoms with E-state index in [4.69, 9.17) is 0 Å². The summed E-state index contributed by atoms with van der Waals surface area (Å²) in [5.74, 6) is 0.810. The first-order valence-corrected chi connectivity index (χ1v) is 8.19. The molecule has 1 aliphatic heterocycles. The van der Waals surface area contributed by atoms with Gasteiger partial charge >= 0.3 is 0 Å². The fraction of sp³-hybridized carbons (Fsp3) is 0.562. The zero-order valence-corrected chi connectivity index (χ0v) is 12.8. The van der Waals surface area contributed by atoms with E-state index in [9.17, 15) is 4.79 Å². The van der Waals surface area contributed by atoms with Crippen molar-refractivity contribution in [2.24, 2.45) is 5.92 Å². The summed E-state index contributed by atoms with van der Waals surface area (Å²) in [6.45, 7) is 4.45. The van der Waals surface area contributed by atoms with Gasteiger partial charge in [-0.2, -0.15) is 0 Å². The van der Waals surface area contributed by atoms with Crippen molar-refractivity contribution >= 4 is 17.7 Å². The Morgan fingerprint density at radius 3 is 2.47 bits per heavy atom. The fourth-order valence-electron chi connectivity index (χ4n) is 3.05. The second kappa shape index (κ2) is 6.00. The Balaban J connectivity index is 2.13. The smallest absolute Gasteiger partial charge is 0.220 e. The van der Waals surface area contributed by atoms with Crippen LogP contribution in [0.3, 0.4) is 0 Å². The summed E-state index contributed by atoms with van der Waals surface area (Å²) in [4.78, 5) is 12.9. The lowest BCUT2D eigenvalue weighted by atomic mass is 9.82. The SMILES string of the molecule is CSc1ccc(CC2(CC(C)C)CCC(=O)N2)cc1. The topological polar surface area (TPSA) is 29.1 Å². The Morgan fingerprint density at radius 2 is 2.00 bits per heavy atom. The van der Waals surface area contributed by atoms with Gasteiger partial charge in [0.05, 0.1) is 0 Å². The maximum Gasteiger partial charge on any atom is 0.220 e. The zero-order chi connectivity index (χ0) is 13.9. The Hall–Kier alpha value is -0.960. The van der Waals surface area contributed by atoms with E-state index in [2.05, 4.69) is 49.7 Å². The lowest BCUT2D eigenvalue weighted by Gasteiger charge is -2.31. The van der Waals surface area contributed by atoms with Gasteiger partial charge in [0.1, 0.15) is 0 Å². The summed E-state index contributed by atoms with van der Waals surface area (Å²) < 4.78 is 0. The van der Waals surface area contributed by atoms with Gasteiger partial charge < -0.3 is 5.32 Å². The predicted molar refractivity (Wildman–Crippen MR) is 81.5 cm³/mol. The highest BCUT2D eigenvalue weighted by Gasteiger charge is 2.37. The van der Waals surface area contributed by atoms with Crippen LogP contribution in [0.15, 0.2) is 29.2 Å². The highest BCUT2D eigenvalue weighted by Crippen LogP contribution is 2.31. The molecule has 1 aromatic rings. The van der Waals surface area contributed by atoms with Crippen LogP contribution in [0.4, 0.5) is 0 Å². The summed E-state index contributed by atoms with van der Waals surface area (Å²) in [5, 5.41) is 3.23. The average Bonchev–Trinajstić information content (AvgIpc) is 2.70. The molecule has 1 heterocycles. The van der Waals surface area contributed by atoms with Crippen LogP contribution in [0, 0.1) is 5.92 Å². The number of carbonyl (C=O) groups is 1. The number of amides is 1. The number of benzene rings is 1. The molecule has 0 spiro atoms. The molecule has 0 saturated carbocycles. The van der Waals surface area contributed by atoms with E-state index in [1.165, 1.54) is 10.5 Å². The second-order valence-corrected chi connectivity index (χ2v) is 6.83. The van der Waals surface area contributed by atoms with Gasteiger partial charge in [-0.25, -0.2) is 0 Å². The van der Waals surface area contributed by atoms with Crippen LogP contribution in [0.25, 0.3) is 0 Å². The van der Waals surface area contributed by atoms with Crippen LogP contribution < -0.4 is 5.32 Å². The van der Waals surface area contributed by atoms with E-state index in [1.54, 1.807) is 11.8 Å². The van der Waals surface area contributed by atoms with Crippen LogP contribution in [-0.2, 0) is 11.2 Å². The largest absolute Gasteiger partial charge is 0.350 e. The standard InChI is InChI=1S/C16H23NOS/c1-12(2)10-16(9-8-15(18)17-16)11-13-4-6-14(19-3)7-5-13/h4-7,12H,8-11H2,1-3H3,(H,17,18). The van der Waals surface area contributed by atoms with Crippen LogP contribution >= 0.6 is 11.8 Å². The molecule has 3 heteroatoms. The van der Waals surface area contributed by atoms with Crippen molar-refractivity contribution in [1.29, 1.82) is 0 Å². The number of hydrogen-bond acceptors (Lipinski definition) is 2. The van der Waals surface area contributed by atoms with E-state index in [-0.39, 0.29) is 11.4 Å². The average molecular weight is 277 g/mol. The molecule has 1 aromatic carbocycles. The zero-order valence-electron chi connectivity index (χ0n) is 12.0. The molecule has 1 N–H and O–H groups in total. The molecule has 19 heavy (non-hydrogen) atoms. The van der Waals surface area contributed by atoms with E-state index in [1.807, 2.05) is 0 Å². The van der Waals surface area contributed by atoms with E-state index >= 15 is 0 Å². The lowest BCUT2D eigenvalue weighted by Crippen LogP contribution is -2.44. The molecule has 1 saturated heterocycles. The third kappa shape index (κ3) is 3.75. The summed E-state index contributed by atoms with van der Waals surface area (Å²) >= 11 is 1.76. The normalized spacial score (nSPS) is 22.8. The number of rotatable bonds is 5. The van der Waals surface area contributed by atoms with Gasteiger partial charge in [-0.05, 0) is 49.1 Å². The molecule has 1 amide bonds. The van der Waals surface area contributed by atoms with Crippen molar-refractivity contribution in [3.8, 4) is 0 Å². The molecule has 0 aliphatic carbocycles. The summed E-state index contributed by atoms with van der Waals surface area (Å²) in [7, 11) is 0. The van der Waals surface area contributed by atoms with E-state index < -0.39 is 0 Å². The van der Waals surface area contributed by atoms with Crippen molar-refractivity contribution in [3.63, 3.8) is 0 Å². The maximum atomic E-state index is 11.6. The van der Waals surface area contributed by atoms with Crippen LogP contribution in [0.2, 0.25) is 0 Å². The lowest BCUT2D eigenvalue weighted by molar-refractivity contribution is -0.119. The quantitative estimate of drug-likeness (QED) is 0.832. The number of carbonyl (C=O) groups excluding carboxylic acids is 1. The molecule has 0 radical (unpaired) electrons. The number of hydrogen-bond donors (Lipinski definition) is 1. The van der Waals surface area contributed by atoms with Gasteiger partial charge in [-0.15, -0.1) is 11.8 Å². The third-order valence-corrected chi connectivity index (χ3v) is 4.48. The predicted octanol–water partition coefficient (Wildman–Crippen LogP) is 3.65. The minimum absolute atomic E-state index is 0.0217. The molecule has 1 fully saturated rings. The summed E-state index contributed by atoms with van der Waals surface area (Å²) in [6.07, 6.45) is 5.74. The minimum atomic E-state index is -0.0217. The van der Waals surface area contributed by atoms with E-state index in [0.717, 1.165) is 19.3 Å².